The van der Waals surface area contributed by atoms with Crippen LogP contribution in [-0.4, -0.2) is 35.1 Å². The van der Waals surface area contributed by atoms with Crippen molar-refractivity contribution in [3.05, 3.63) is 16.1 Å². The topological polar surface area (TPSA) is 72.1 Å². The van der Waals surface area contributed by atoms with Gasteiger partial charge >= 0.3 is 0 Å². The summed E-state index contributed by atoms with van der Waals surface area (Å²) in [6, 6.07) is 0. The van der Waals surface area contributed by atoms with Gasteiger partial charge in [0.15, 0.2) is 0 Å². The van der Waals surface area contributed by atoms with Gasteiger partial charge in [0.1, 0.15) is 9.71 Å². The Kier molecular flexibility index (Phi) is 3.71. The molecule has 2 rings (SSSR count). The highest BCUT2D eigenvalue weighted by atomic mass is 32.1. The number of aryl methyl sites for hydroxylation is 2. The van der Waals surface area contributed by atoms with Crippen molar-refractivity contribution >= 4 is 33.1 Å². The third-order valence-corrected chi connectivity index (χ3v) is 4.20. The fourth-order valence-electron chi connectivity index (χ4n) is 2.13. The first-order valence-corrected chi connectivity index (χ1v) is 7.10. The molecule has 1 amide bonds. The van der Waals surface area contributed by atoms with Crippen molar-refractivity contribution in [3.8, 4) is 0 Å². The van der Waals surface area contributed by atoms with Gasteiger partial charge in [0.05, 0.1) is 11.4 Å². The molecule has 0 aliphatic heterocycles. The number of aromatic nitrogens is 2. The Balaban J connectivity index is 2.74. The molecule has 0 atom stereocenters. The molecule has 0 saturated heterocycles. The van der Waals surface area contributed by atoms with Crippen LogP contribution in [0.4, 0.5) is 5.69 Å². The first-order chi connectivity index (χ1) is 9.01. The molecule has 0 radical (unpaired) electrons. The molecule has 102 valence electrons. The lowest BCUT2D eigenvalue weighted by Gasteiger charge is -2.09. The van der Waals surface area contributed by atoms with Crippen LogP contribution in [0.25, 0.3) is 10.2 Å². The molecule has 2 aromatic rings. The van der Waals surface area contributed by atoms with Gasteiger partial charge in [-0.05, 0) is 18.4 Å². The summed E-state index contributed by atoms with van der Waals surface area (Å²) in [5, 5.41) is 9.34. The van der Waals surface area contributed by atoms with E-state index in [1.54, 1.807) is 14.1 Å². The minimum atomic E-state index is -0.0828. The number of nitrogens with zero attached hydrogens (tertiary/aromatic N) is 3. The minimum Gasteiger partial charge on any atom is -0.397 e. The second-order valence-electron chi connectivity index (χ2n) is 4.56. The predicted octanol–water partition coefficient (Wildman–Crippen LogP) is 2.10. The Hall–Kier alpha value is -1.69. The molecule has 2 aromatic heterocycles. The van der Waals surface area contributed by atoms with Crippen LogP contribution in [-0.2, 0) is 12.8 Å². The molecule has 5 nitrogen and oxygen atoms in total. The molecule has 2 heterocycles. The highest BCUT2D eigenvalue weighted by Gasteiger charge is 2.21. The number of hydrogen-bond acceptors (Lipinski definition) is 5. The van der Waals surface area contributed by atoms with Gasteiger partial charge in [-0.1, -0.05) is 13.8 Å². The monoisotopic (exact) mass is 278 g/mol. The average molecular weight is 278 g/mol. The van der Waals surface area contributed by atoms with E-state index in [0.29, 0.717) is 10.6 Å². The highest BCUT2D eigenvalue weighted by Crippen LogP contribution is 2.36. The molecule has 19 heavy (non-hydrogen) atoms. The SMILES string of the molecule is CCc1nnc2sc(C(=O)N(C)C)c(N)c2c1CC. The molecule has 0 fully saturated rings. The summed E-state index contributed by atoms with van der Waals surface area (Å²) in [5.41, 5.74) is 8.79. The maximum atomic E-state index is 12.1. The van der Waals surface area contributed by atoms with Gasteiger partial charge < -0.3 is 10.6 Å². The molecule has 2 N–H and O–H groups in total. The van der Waals surface area contributed by atoms with Crippen LogP contribution in [0.1, 0.15) is 34.8 Å². The van der Waals surface area contributed by atoms with E-state index < -0.39 is 0 Å². The van der Waals surface area contributed by atoms with Gasteiger partial charge in [0.25, 0.3) is 5.91 Å². The van der Waals surface area contributed by atoms with Gasteiger partial charge in [-0.15, -0.1) is 16.4 Å². The van der Waals surface area contributed by atoms with Crippen LogP contribution in [0.5, 0.6) is 0 Å². The third-order valence-electron chi connectivity index (χ3n) is 3.13. The number of hydrogen-bond donors (Lipinski definition) is 1. The number of thiophene rings is 1. The first kappa shape index (κ1) is 13.7. The van der Waals surface area contributed by atoms with E-state index in [9.17, 15) is 4.79 Å². The second-order valence-corrected chi connectivity index (χ2v) is 5.56. The Labute approximate surface area is 116 Å². The van der Waals surface area contributed by atoms with Crippen LogP contribution in [0.15, 0.2) is 0 Å². The van der Waals surface area contributed by atoms with E-state index in [1.807, 2.05) is 6.92 Å². The van der Waals surface area contributed by atoms with E-state index in [1.165, 1.54) is 16.2 Å². The van der Waals surface area contributed by atoms with Gasteiger partial charge in [-0.2, -0.15) is 5.10 Å². The average Bonchev–Trinajstić information content (AvgIpc) is 2.74. The maximum absolute atomic E-state index is 12.1. The summed E-state index contributed by atoms with van der Waals surface area (Å²) < 4.78 is 0. The smallest absolute Gasteiger partial charge is 0.265 e. The molecule has 0 aromatic carbocycles. The summed E-state index contributed by atoms with van der Waals surface area (Å²) in [7, 11) is 3.44. The van der Waals surface area contributed by atoms with Crippen molar-refractivity contribution in [1.29, 1.82) is 0 Å². The minimum absolute atomic E-state index is 0.0828. The summed E-state index contributed by atoms with van der Waals surface area (Å²) in [6.45, 7) is 4.11. The van der Waals surface area contributed by atoms with Crippen LogP contribution < -0.4 is 5.73 Å². The van der Waals surface area contributed by atoms with Gasteiger partial charge in [0.2, 0.25) is 0 Å². The normalized spacial score (nSPS) is 10.9. The van der Waals surface area contributed by atoms with E-state index in [-0.39, 0.29) is 5.91 Å². The van der Waals surface area contributed by atoms with Crippen LogP contribution in [0.3, 0.4) is 0 Å². The number of carbonyl (C=O) groups is 1. The van der Waals surface area contributed by atoms with Crippen LogP contribution >= 0.6 is 11.3 Å². The second kappa shape index (κ2) is 5.13. The zero-order chi connectivity index (χ0) is 14.2. The Morgan fingerprint density at radius 1 is 1.26 bits per heavy atom. The number of nitrogen functional groups attached to an aromatic ring is 1. The van der Waals surface area contributed by atoms with Crippen molar-refractivity contribution in [2.75, 3.05) is 19.8 Å². The fraction of sp³-hybridized carbons (Fsp3) is 0.462. The molecule has 0 spiro atoms. The summed E-state index contributed by atoms with van der Waals surface area (Å²) in [5.74, 6) is -0.0828. The standard InChI is InChI=1S/C13H18N4OS/c1-5-7-8(6-2)15-16-12-9(7)10(14)11(19-12)13(18)17(3)4/h5-6,14H2,1-4H3. The Bertz CT molecular complexity index is 633. The molecule has 0 aliphatic rings. The van der Waals surface area contributed by atoms with E-state index in [0.717, 1.165) is 34.3 Å². The molecule has 0 aliphatic carbocycles. The van der Waals surface area contributed by atoms with Crippen molar-refractivity contribution in [1.82, 2.24) is 15.1 Å². The number of nitrogens with two attached hydrogens (primary N) is 1. The maximum Gasteiger partial charge on any atom is 0.265 e. The molecule has 0 saturated carbocycles. The Morgan fingerprint density at radius 2 is 1.95 bits per heavy atom. The zero-order valence-corrected chi connectivity index (χ0v) is 12.5. The lowest BCUT2D eigenvalue weighted by atomic mass is 10.1. The van der Waals surface area contributed by atoms with E-state index in [4.69, 9.17) is 5.73 Å². The number of anilines is 1. The molecule has 0 bridgehead atoms. The third kappa shape index (κ3) is 2.16. The lowest BCUT2D eigenvalue weighted by Crippen LogP contribution is -2.21. The number of rotatable bonds is 3. The predicted molar refractivity (Wildman–Crippen MR) is 78.6 cm³/mol. The largest absolute Gasteiger partial charge is 0.397 e. The number of amides is 1. The van der Waals surface area contributed by atoms with E-state index in [2.05, 4.69) is 17.1 Å². The highest BCUT2D eigenvalue weighted by molar-refractivity contribution is 7.21. The Morgan fingerprint density at radius 3 is 2.47 bits per heavy atom. The molecular formula is C13H18N4OS. The van der Waals surface area contributed by atoms with E-state index >= 15 is 0 Å². The van der Waals surface area contributed by atoms with Gasteiger partial charge in [-0.25, -0.2) is 0 Å². The van der Waals surface area contributed by atoms with Crippen molar-refractivity contribution < 1.29 is 4.79 Å². The van der Waals surface area contributed by atoms with Gasteiger partial charge in [-0.3, -0.25) is 4.79 Å². The summed E-state index contributed by atoms with van der Waals surface area (Å²) >= 11 is 1.32. The van der Waals surface area contributed by atoms with Crippen molar-refractivity contribution in [2.45, 2.75) is 26.7 Å². The van der Waals surface area contributed by atoms with Crippen LogP contribution in [0, 0.1) is 0 Å². The van der Waals surface area contributed by atoms with Gasteiger partial charge in [0, 0.05) is 19.5 Å². The number of fused-ring (bicyclic) bond motifs is 1. The summed E-state index contributed by atoms with van der Waals surface area (Å²) in [4.78, 5) is 14.9. The fourth-order valence-corrected chi connectivity index (χ4v) is 3.22. The first-order valence-electron chi connectivity index (χ1n) is 6.29. The molecular weight excluding hydrogens is 260 g/mol. The number of carbonyl (C=O) groups excluding carboxylic acids is 1. The lowest BCUT2D eigenvalue weighted by molar-refractivity contribution is 0.0833. The van der Waals surface area contributed by atoms with Crippen LogP contribution in [0.2, 0.25) is 0 Å². The van der Waals surface area contributed by atoms with Crippen molar-refractivity contribution in [3.63, 3.8) is 0 Å². The van der Waals surface area contributed by atoms with Crippen molar-refractivity contribution in [2.24, 2.45) is 0 Å². The summed E-state index contributed by atoms with van der Waals surface area (Å²) in [6.07, 6.45) is 1.66. The molecule has 6 heteroatoms. The molecule has 0 unspecified atom stereocenters. The zero-order valence-electron chi connectivity index (χ0n) is 11.6. The quantitative estimate of drug-likeness (QED) is 0.933.